The predicted molar refractivity (Wildman–Crippen MR) is 91.9 cm³/mol. The van der Waals surface area contributed by atoms with Gasteiger partial charge in [0.1, 0.15) is 11.0 Å². The topological polar surface area (TPSA) is 50.1 Å². The molecule has 1 saturated heterocycles. The molecule has 23 heavy (non-hydrogen) atoms. The molecule has 3 heterocycles. The van der Waals surface area contributed by atoms with Gasteiger partial charge in [0.15, 0.2) is 0 Å². The van der Waals surface area contributed by atoms with Crippen molar-refractivity contribution in [1.29, 1.82) is 0 Å². The maximum absolute atomic E-state index is 6.40. The second-order valence-electron chi connectivity index (χ2n) is 5.98. The SMILES string of the molecule is CCc1nn(C)c(Cl)c1CN1CCN(c2cncc(C)n2)CC1. The summed E-state index contributed by atoms with van der Waals surface area (Å²) in [6.07, 6.45) is 4.54. The highest BCUT2D eigenvalue weighted by atomic mass is 35.5. The smallest absolute Gasteiger partial charge is 0.147 e. The lowest BCUT2D eigenvalue weighted by molar-refractivity contribution is 0.248. The molecule has 0 aliphatic carbocycles. The highest BCUT2D eigenvalue weighted by Crippen LogP contribution is 2.23. The molecule has 0 bridgehead atoms. The zero-order chi connectivity index (χ0) is 16.4. The van der Waals surface area contributed by atoms with E-state index < -0.39 is 0 Å². The largest absolute Gasteiger partial charge is 0.353 e. The minimum absolute atomic E-state index is 0.758. The van der Waals surface area contributed by atoms with E-state index in [2.05, 4.69) is 31.8 Å². The number of halogens is 1. The van der Waals surface area contributed by atoms with Crippen molar-refractivity contribution >= 4 is 17.4 Å². The van der Waals surface area contributed by atoms with Crippen molar-refractivity contribution in [2.24, 2.45) is 7.05 Å². The summed E-state index contributed by atoms with van der Waals surface area (Å²) in [7, 11) is 1.90. The average Bonchev–Trinajstić information content (AvgIpc) is 2.83. The highest BCUT2D eigenvalue weighted by molar-refractivity contribution is 6.30. The van der Waals surface area contributed by atoms with Crippen molar-refractivity contribution in [3.63, 3.8) is 0 Å². The second kappa shape index (κ2) is 6.84. The fraction of sp³-hybridized carbons (Fsp3) is 0.562. The number of hydrogen-bond donors (Lipinski definition) is 0. The van der Waals surface area contributed by atoms with Gasteiger partial charge in [-0.15, -0.1) is 0 Å². The Hall–Kier alpha value is -1.66. The molecule has 2 aromatic rings. The standard InChI is InChI=1S/C16H23ClN6/c1-4-14-13(16(17)21(3)20-14)11-22-5-7-23(8-6-22)15-10-18-9-12(2)19-15/h9-10H,4-8,11H2,1-3H3. The van der Waals surface area contributed by atoms with E-state index in [0.717, 1.165) is 61.5 Å². The molecule has 1 aliphatic heterocycles. The van der Waals surface area contributed by atoms with Crippen molar-refractivity contribution in [2.75, 3.05) is 31.1 Å². The van der Waals surface area contributed by atoms with E-state index in [1.807, 2.05) is 20.2 Å². The molecule has 7 heteroatoms. The Morgan fingerprint density at radius 2 is 1.91 bits per heavy atom. The van der Waals surface area contributed by atoms with Gasteiger partial charge in [0.05, 0.1) is 17.6 Å². The van der Waals surface area contributed by atoms with Gasteiger partial charge in [-0.05, 0) is 13.3 Å². The van der Waals surface area contributed by atoms with Gasteiger partial charge in [0.2, 0.25) is 0 Å². The van der Waals surface area contributed by atoms with Crippen molar-refractivity contribution < 1.29 is 0 Å². The van der Waals surface area contributed by atoms with E-state index in [0.29, 0.717) is 0 Å². The van der Waals surface area contributed by atoms with Crippen molar-refractivity contribution in [1.82, 2.24) is 24.6 Å². The van der Waals surface area contributed by atoms with Crippen molar-refractivity contribution in [2.45, 2.75) is 26.8 Å². The van der Waals surface area contributed by atoms with Crippen LogP contribution in [0.3, 0.4) is 0 Å². The van der Waals surface area contributed by atoms with Crippen LogP contribution in [0.15, 0.2) is 12.4 Å². The van der Waals surface area contributed by atoms with E-state index in [-0.39, 0.29) is 0 Å². The molecule has 0 amide bonds. The Bertz CT molecular complexity index is 675. The van der Waals surface area contributed by atoms with E-state index in [1.165, 1.54) is 5.56 Å². The van der Waals surface area contributed by atoms with Crippen molar-refractivity contribution in [3.8, 4) is 0 Å². The van der Waals surface area contributed by atoms with E-state index >= 15 is 0 Å². The number of aromatic nitrogens is 4. The third-order valence-corrected chi connectivity index (χ3v) is 4.78. The molecule has 0 unspecified atom stereocenters. The summed E-state index contributed by atoms with van der Waals surface area (Å²) in [5, 5.41) is 5.25. The first-order valence-corrected chi connectivity index (χ1v) is 8.42. The summed E-state index contributed by atoms with van der Waals surface area (Å²) >= 11 is 6.40. The van der Waals surface area contributed by atoms with Crippen LogP contribution in [-0.4, -0.2) is 50.8 Å². The fourth-order valence-corrected chi connectivity index (χ4v) is 3.21. The van der Waals surface area contributed by atoms with Gasteiger partial charge in [-0.2, -0.15) is 5.10 Å². The van der Waals surface area contributed by atoms with Crippen LogP contribution < -0.4 is 4.90 Å². The van der Waals surface area contributed by atoms with Crippen molar-refractivity contribution in [3.05, 3.63) is 34.5 Å². The Kier molecular flexibility index (Phi) is 4.82. The number of hydrogen-bond acceptors (Lipinski definition) is 5. The van der Waals surface area contributed by atoms with E-state index in [4.69, 9.17) is 11.6 Å². The molecule has 0 N–H and O–H groups in total. The maximum atomic E-state index is 6.40. The molecule has 2 aromatic heterocycles. The van der Waals surface area contributed by atoms with Crippen LogP contribution in [0.1, 0.15) is 23.9 Å². The first-order valence-electron chi connectivity index (χ1n) is 8.04. The molecule has 124 valence electrons. The third-order valence-electron chi connectivity index (χ3n) is 4.31. The second-order valence-corrected chi connectivity index (χ2v) is 6.33. The molecule has 3 rings (SSSR count). The minimum Gasteiger partial charge on any atom is -0.353 e. The lowest BCUT2D eigenvalue weighted by Gasteiger charge is -2.35. The maximum Gasteiger partial charge on any atom is 0.147 e. The zero-order valence-electron chi connectivity index (χ0n) is 14.0. The first kappa shape index (κ1) is 16.2. The summed E-state index contributed by atoms with van der Waals surface area (Å²) < 4.78 is 1.77. The Morgan fingerprint density at radius 3 is 2.57 bits per heavy atom. The quantitative estimate of drug-likeness (QED) is 0.856. The fourth-order valence-electron chi connectivity index (χ4n) is 3.00. The van der Waals surface area contributed by atoms with Gasteiger partial charge >= 0.3 is 0 Å². The number of aryl methyl sites for hydroxylation is 3. The van der Waals surface area contributed by atoms with Gasteiger partial charge in [0, 0.05) is 51.5 Å². The molecule has 1 fully saturated rings. The van der Waals surface area contributed by atoms with Gasteiger partial charge < -0.3 is 4.90 Å². The number of nitrogens with zero attached hydrogens (tertiary/aromatic N) is 6. The molecule has 0 saturated carbocycles. The molecule has 0 atom stereocenters. The number of anilines is 1. The van der Waals surface area contributed by atoms with E-state index in [1.54, 1.807) is 10.9 Å². The third kappa shape index (κ3) is 3.48. The highest BCUT2D eigenvalue weighted by Gasteiger charge is 2.21. The normalized spacial score (nSPS) is 16.1. The van der Waals surface area contributed by atoms with Gasteiger partial charge in [0.25, 0.3) is 0 Å². The summed E-state index contributed by atoms with van der Waals surface area (Å²) in [6.45, 7) is 8.85. The summed E-state index contributed by atoms with van der Waals surface area (Å²) in [4.78, 5) is 13.5. The van der Waals surface area contributed by atoms with Crippen LogP contribution in [0.5, 0.6) is 0 Å². The van der Waals surface area contributed by atoms with Crippen LogP contribution >= 0.6 is 11.6 Å². The number of piperazine rings is 1. The molecule has 6 nitrogen and oxygen atoms in total. The average molecular weight is 335 g/mol. The lowest BCUT2D eigenvalue weighted by Crippen LogP contribution is -2.46. The predicted octanol–water partition coefficient (Wildman–Crippen LogP) is 2.06. The van der Waals surface area contributed by atoms with Crippen LogP contribution in [0.2, 0.25) is 5.15 Å². The first-order chi connectivity index (χ1) is 11.1. The van der Waals surface area contributed by atoms with Crippen LogP contribution in [-0.2, 0) is 20.0 Å². The molecule has 0 spiro atoms. The number of rotatable bonds is 4. The molecule has 1 aliphatic rings. The monoisotopic (exact) mass is 334 g/mol. The molecule has 0 radical (unpaired) electrons. The Morgan fingerprint density at radius 1 is 1.17 bits per heavy atom. The van der Waals surface area contributed by atoms with Crippen LogP contribution in [0, 0.1) is 6.92 Å². The van der Waals surface area contributed by atoms with Crippen LogP contribution in [0.25, 0.3) is 0 Å². The summed E-state index contributed by atoms with van der Waals surface area (Å²) in [5.41, 5.74) is 3.23. The zero-order valence-corrected chi connectivity index (χ0v) is 14.7. The van der Waals surface area contributed by atoms with Gasteiger partial charge in [-0.25, -0.2) is 4.98 Å². The molecular weight excluding hydrogens is 312 g/mol. The molecular formula is C16H23ClN6. The molecule has 0 aromatic carbocycles. The summed E-state index contributed by atoms with van der Waals surface area (Å²) in [5.74, 6) is 0.971. The minimum atomic E-state index is 0.758. The lowest BCUT2D eigenvalue weighted by atomic mass is 10.2. The van der Waals surface area contributed by atoms with Gasteiger partial charge in [-0.3, -0.25) is 14.6 Å². The Labute approximate surface area is 142 Å². The van der Waals surface area contributed by atoms with Gasteiger partial charge in [-0.1, -0.05) is 18.5 Å². The Balaban J connectivity index is 1.64. The summed E-state index contributed by atoms with van der Waals surface area (Å²) in [6, 6.07) is 0. The van der Waals surface area contributed by atoms with Crippen LogP contribution in [0.4, 0.5) is 5.82 Å². The van der Waals surface area contributed by atoms with E-state index in [9.17, 15) is 0 Å².